The lowest BCUT2D eigenvalue weighted by molar-refractivity contribution is 0.199. The number of hydrogen-bond acceptors (Lipinski definition) is 2. The zero-order valence-electron chi connectivity index (χ0n) is 10.1. The fraction of sp³-hybridized carbons (Fsp3) is 0.583. The molecule has 82 valence electrons. The van der Waals surface area contributed by atoms with Crippen molar-refractivity contribution in [3.8, 4) is 0 Å². The van der Waals surface area contributed by atoms with Crippen LogP contribution in [0.1, 0.15) is 32.8 Å². The zero-order chi connectivity index (χ0) is 11.2. The first-order chi connectivity index (χ1) is 6.81. The van der Waals surface area contributed by atoms with E-state index in [1.54, 1.807) is 13.3 Å². The average molecular weight is 197 g/mol. The highest BCUT2D eigenvalue weighted by Crippen LogP contribution is 1.88. The van der Waals surface area contributed by atoms with Crippen molar-refractivity contribution in [2.75, 3.05) is 13.7 Å². The molecule has 0 aromatic carbocycles. The number of nitrogens with zero attached hydrogens (tertiary/aromatic N) is 1. The summed E-state index contributed by atoms with van der Waals surface area (Å²) in [5.41, 5.74) is 1.21. The highest BCUT2D eigenvalue weighted by atomic mass is 16.5. The Kier molecular flexibility index (Phi) is 16.3. The third kappa shape index (κ3) is 13.7. The number of aryl methyl sites for hydroxylation is 1. The van der Waals surface area contributed by atoms with Crippen LogP contribution in [0.5, 0.6) is 0 Å². The number of ether oxygens (including phenoxy) is 1. The predicted octanol–water partition coefficient (Wildman–Crippen LogP) is 3.46. The molecule has 0 aliphatic carbocycles. The Morgan fingerprint density at radius 1 is 1.36 bits per heavy atom. The molecule has 2 heteroatoms. The molecule has 0 atom stereocenters. The van der Waals surface area contributed by atoms with Gasteiger partial charge in [0.15, 0.2) is 0 Å². The Bertz CT molecular complexity index is 173. The Hall–Kier alpha value is -0.890. The largest absolute Gasteiger partial charge is 0.385 e. The van der Waals surface area contributed by atoms with Crippen molar-refractivity contribution in [3.05, 3.63) is 30.1 Å². The van der Waals surface area contributed by atoms with E-state index in [0.29, 0.717) is 0 Å². The van der Waals surface area contributed by atoms with Gasteiger partial charge in [-0.05, 0) is 25.0 Å². The molecule has 0 saturated heterocycles. The summed E-state index contributed by atoms with van der Waals surface area (Å²) >= 11 is 0. The number of methoxy groups -OCH3 is 1. The maximum absolute atomic E-state index is 4.69. The van der Waals surface area contributed by atoms with Crippen LogP contribution in [0, 0.1) is 6.92 Å². The van der Waals surface area contributed by atoms with Crippen LogP contribution < -0.4 is 0 Å². The molecular weight excluding hydrogens is 174 g/mol. The molecule has 0 unspecified atom stereocenters. The minimum Gasteiger partial charge on any atom is -0.385 e. The molecule has 0 aliphatic heterocycles. The smallest absolute Gasteiger partial charge is 0.0459 e. The Balaban J connectivity index is 0. The van der Waals surface area contributed by atoms with Crippen LogP contribution in [0.3, 0.4) is 0 Å². The van der Waals surface area contributed by atoms with Gasteiger partial charge in [0.05, 0.1) is 0 Å². The molecule has 1 aromatic rings. The monoisotopic (exact) mass is 197 g/mol. The van der Waals surface area contributed by atoms with Gasteiger partial charge in [0, 0.05) is 26.1 Å². The molecule has 0 saturated carbocycles. The molecule has 1 heterocycles. The van der Waals surface area contributed by atoms with Crippen LogP contribution in [0.25, 0.3) is 0 Å². The van der Waals surface area contributed by atoms with Gasteiger partial charge in [-0.15, -0.1) is 0 Å². The zero-order valence-corrected chi connectivity index (χ0v) is 10.1. The van der Waals surface area contributed by atoms with E-state index in [-0.39, 0.29) is 0 Å². The summed E-state index contributed by atoms with van der Waals surface area (Å²) < 4.78 is 4.69. The Morgan fingerprint density at radius 3 is 2.14 bits per heavy atom. The van der Waals surface area contributed by atoms with E-state index in [1.807, 2.05) is 39.1 Å². The fourth-order valence-corrected chi connectivity index (χ4v) is 0.652. The van der Waals surface area contributed by atoms with E-state index in [0.717, 1.165) is 13.0 Å². The Labute approximate surface area is 88.3 Å². The van der Waals surface area contributed by atoms with E-state index < -0.39 is 0 Å². The molecule has 1 aromatic heterocycles. The SMILES string of the molecule is CC.CCCOC.Cc1cccnc1. The van der Waals surface area contributed by atoms with Crippen LogP contribution in [-0.4, -0.2) is 18.7 Å². The summed E-state index contributed by atoms with van der Waals surface area (Å²) in [5, 5.41) is 0. The molecule has 0 spiro atoms. The standard InChI is InChI=1S/C6H7N.C4H10O.C2H6/c1-6-3-2-4-7-5-6;1-3-4-5-2;1-2/h2-5H,1H3;3-4H2,1-2H3;1-2H3. The normalized spacial score (nSPS) is 7.79. The number of rotatable bonds is 2. The summed E-state index contributed by atoms with van der Waals surface area (Å²) in [5.74, 6) is 0. The summed E-state index contributed by atoms with van der Waals surface area (Å²) in [6.07, 6.45) is 4.73. The maximum Gasteiger partial charge on any atom is 0.0459 e. The first kappa shape index (κ1) is 15.6. The van der Waals surface area contributed by atoms with Gasteiger partial charge in [-0.1, -0.05) is 26.8 Å². The van der Waals surface area contributed by atoms with Crippen LogP contribution in [-0.2, 0) is 4.74 Å². The second kappa shape index (κ2) is 14.6. The molecule has 0 bridgehead atoms. The molecule has 0 radical (unpaired) electrons. The first-order valence-corrected chi connectivity index (χ1v) is 5.16. The van der Waals surface area contributed by atoms with Crippen molar-refractivity contribution in [2.45, 2.75) is 34.1 Å². The predicted molar refractivity (Wildman–Crippen MR) is 62.5 cm³/mol. The highest BCUT2D eigenvalue weighted by molar-refractivity contribution is 5.04. The second-order valence-corrected chi connectivity index (χ2v) is 2.52. The van der Waals surface area contributed by atoms with Crippen molar-refractivity contribution in [2.24, 2.45) is 0 Å². The van der Waals surface area contributed by atoms with Gasteiger partial charge in [0.2, 0.25) is 0 Å². The molecule has 1 rings (SSSR count). The Morgan fingerprint density at radius 2 is 2.00 bits per heavy atom. The van der Waals surface area contributed by atoms with E-state index >= 15 is 0 Å². The molecule has 0 N–H and O–H groups in total. The third-order valence-corrected chi connectivity index (χ3v) is 1.22. The van der Waals surface area contributed by atoms with Gasteiger partial charge >= 0.3 is 0 Å². The minimum atomic E-state index is 0.889. The lowest BCUT2D eigenvalue weighted by Gasteiger charge is -1.84. The third-order valence-electron chi connectivity index (χ3n) is 1.22. The summed E-state index contributed by atoms with van der Waals surface area (Å²) in [6, 6.07) is 3.95. The summed E-state index contributed by atoms with van der Waals surface area (Å²) in [4.78, 5) is 3.88. The van der Waals surface area contributed by atoms with Gasteiger partial charge in [-0.2, -0.15) is 0 Å². The van der Waals surface area contributed by atoms with Gasteiger partial charge in [0.1, 0.15) is 0 Å². The summed E-state index contributed by atoms with van der Waals surface area (Å²) in [7, 11) is 1.71. The highest BCUT2D eigenvalue weighted by Gasteiger charge is 1.73. The lowest BCUT2D eigenvalue weighted by Crippen LogP contribution is -1.80. The first-order valence-electron chi connectivity index (χ1n) is 5.16. The van der Waals surface area contributed by atoms with E-state index in [4.69, 9.17) is 4.74 Å². The molecule has 14 heavy (non-hydrogen) atoms. The summed E-state index contributed by atoms with van der Waals surface area (Å²) in [6.45, 7) is 9.00. The van der Waals surface area contributed by atoms with Crippen molar-refractivity contribution in [1.82, 2.24) is 4.98 Å². The van der Waals surface area contributed by atoms with Gasteiger partial charge in [0.25, 0.3) is 0 Å². The van der Waals surface area contributed by atoms with Crippen LogP contribution >= 0.6 is 0 Å². The van der Waals surface area contributed by atoms with Crippen LogP contribution in [0.15, 0.2) is 24.5 Å². The van der Waals surface area contributed by atoms with Crippen molar-refractivity contribution >= 4 is 0 Å². The van der Waals surface area contributed by atoms with Gasteiger partial charge < -0.3 is 4.74 Å². The van der Waals surface area contributed by atoms with Crippen LogP contribution in [0.4, 0.5) is 0 Å². The fourth-order valence-electron chi connectivity index (χ4n) is 0.652. The average Bonchev–Trinajstić information content (AvgIpc) is 2.24. The van der Waals surface area contributed by atoms with Crippen LogP contribution in [0.2, 0.25) is 0 Å². The minimum absolute atomic E-state index is 0.889. The van der Waals surface area contributed by atoms with E-state index in [1.165, 1.54) is 5.56 Å². The lowest BCUT2D eigenvalue weighted by atomic mass is 10.3. The van der Waals surface area contributed by atoms with Gasteiger partial charge in [-0.25, -0.2) is 0 Å². The number of pyridine rings is 1. The second-order valence-electron chi connectivity index (χ2n) is 2.52. The quantitative estimate of drug-likeness (QED) is 0.724. The maximum atomic E-state index is 4.69. The van der Waals surface area contributed by atoms with Crippen molar-refractivity contribution < 1.29 is 4.74 Å². The molecular formula is C12H23NO. The molecule has 0 fully saturated rings. The molecule has 0 aliphatic rings. The molecule has 2 nitrogen and oxygen atoms in total. The van der Waals surface area contributed by atoms with E-state index in [2.05, 4.69) is 11.9 Å². The molecule has 0 amide bonds. The van der Waals surface area contributed by atoms with Crippen molar-refractivity contribution in [1.29, 1.82) is 0 Å². The topological polar surface area (TPSA) is 22.1 Å². The van der Waals surface area contributed by atoms with Crippen molar-refractivity contribution in [3.63, 3.8) is 0 Å². The van der Waals surface area contributed by atoms with E-state index in [9.17, 15) is 0 Å². The number of hydrogen-bond donors (Lipinski definition) is 0. The van der Waals surface area contributed by atoms with Gasteiger partial charge in [-0.3, -0.25) is 4.98 Å². The number of aromatic nitrogens is 1.